The van der Waals surface area contributed by atoms with Gasteiger partial charge in [-0.2, -0.15) is 3.89 Å². The molecule has 2 rings (SSSR count). The van der Waals surface area contributed by atoms with E-state index in [1.54, 1.807) is 18.2 Å². The molecule has 1 aromatic rings. The Kier molecular flexibility index (Phi) is 2.21. The van der Waals surface area contributed by atoms with E-state index in [4.69, 9.17) is 5.26 Å². The predicted octanol–water partition coefficient (Wildman–Crippen LogP) is 3.34. The zero-order valence-electron chi connectivity index (χ0n) is 7.51. The number of carbonyl (C=O) groups is 1. The summed E-state index contributed by atoms with van der Waals surface area (Å²) in [5.74, 6) is 0. The van der Waals surface area contributed by atoms with Crippen molar-refractivity contribution in [2.24, 2.45) is 0 Å². The molecular formula is C10H6FNO2S. The van der Waals surface area contributed by atoms with Gasteiger partial charge in [-0.1, -0.05) is 18.2 Å². The molecule has 5 heteroatoms. The summed E-state index contributed by atoms with van der Waals surface area (Å²) in [6.07, 6.45) is 2.73. The maximum atomic E-state index is 14.3. The normalized spacial score (nSPS) is 26.1. The molecule has 0 saturated heterocycles. The van der Waals surface area contributed by atoms with E-state index in [-0.39, 0.29) is 0 Å². The monoisotopic (exact) mass is 223 g/mol. The molecule has 0 amide bonds. The van der Waals surface area contributed by atoms with E-state index in [2.05, 4.69) is 4.74 Å². The van der Waals surface area contributed by atoms with E-state index in [0.29, 0.717) is 10.5 Å². The van der Waals surface area contributed by atoms with Crippen LogP contribution in [0.4, 0.5) is 8.68 Å². The number of halogens is 1. The molecule has 1 aromatic carbocycles. The largest absolute Gasteiger partial charge is 0.400 e. The van der Waals surface area contributed by atoms with E-state index in [0.717, 1.165) is 0 Å². The van der Waals surface area contributed by atoms with Gasteiger partial charge >= 0.3 is 5.30 Å². The number of benzene rings is 1. The molecule has 0 aromatic heterocycles. The van der Waals surface area contributed by atoms with Crippen LogP contribution in [0.25, 0.3) is 6.08 Å². The summed E-state index contributed by atoms with van der Waals surface area (Å²) in [6, 6.07) is 6.64. The van der Waals surface area contributed by atoms with Gasteiger partial charge in [0.05, 0.1) is 10.4 Å². The Morgan fingerprint density at radius 1 is 1.47 bits per heavy atom. The lowest BCUT2D eigenvalue weighted by Crippen LogP contribution is -2.04. The lowest BCUT2D eigenvalue weighted by molar-refractivity contribution is 0.216. The summed E-state index contributed by atoms with van der Waals surface area (Å²) in [7, 11) is -3.27. The number of hydrogen-bond donors (Lipinski definition) is 0. The minimum Gasteiger partial charge on any atom is -0.341 e. The van der Waals surface area contributed by atoms with Gasteiger partial charge < -0.3 is 4.74 Å². The smallest absolute Gasteiger partial charge is 0.341 e. The molecule has 1 atom stereocenters. The van der Waals surface area contributed by atoms with Crippen molar-refractivity contribution in [2.45, 2.75) is 4.90 Å². The highest BCUT2D eigenvalue weighted by Gasteiger charge is 2.39. The Bertz CT molecular complexity index is 494. The van der Waals surface area contributed by atoms with Crippen molar-refractivity contribution < 1.29 is 13.4 Å². The van der Waals surface area contributed by atoms with E-state index in [1.165, 1.54) is 23.8 Å². The molecule has 3 nitrogen and oxygen atoms in total. The van der Waals surface area contributed by atoms with Gasteiger partial charge in [0.1, 0.15) is 0 Å². The summed E-state index contributed by atoms with van der Waals surface area (Å²) >= 11 is 0. The first-order valence-corrected chi connectivity index (χ1v) is 5.68. The SMILES string of the molecule is N#COC(=O)S1(F)C=Cc2ccccc21. The van der Waals surface area contributed by atoms with Crippen LogP contribution in [0.15, 0.2) is 34.6 Å². The average molecular weight is 223 g/mol. The van der Waals surface area contributed by atoms with Gasteiger partial charge in [-0.25, -0.2) is 4.79 Å². The molecule has 0 spiro atoms. The third-order valence-electron chi connectivity index (χ3n) is 2.05. The van der Waals surface area contributed by atoms with E-state index < -0.39 is 15.7 Å². The van der Waals surface area contributed by atoms with Crippen LogP contribution < -0.4 is 0 Å². The molecule has 0 N–H and O–H groups in total. The van der Waals surface area contributed by atoms with E-state index in [1.807, 2.05) is 0 Å². The van der Waals surface area contributed by atoms with Crippen molar-refractivity contribution in [1.82, 2.24) is 0 Å². The second-order valence-electron chi connectivity index (χ2n) is 2.87. The lowest BCUT2D eigenvalue weighted by Gasteiger charge is -2.19. The molecule has 76 valence electrons. The third kappa shape index (κ3) is 1.39. The van der Waals surface area contributed by atoms with Crippen molar-refractivity contribution >= 4 is 21.8 Å². The van der Waals surface area contributed by atoms with Crippen LogP contribution in [0.1, 0.15) is 5.56 Å². The summed E-state index contributed by atoms with van der Waals surface area (Å²) in [5.41, 5.74) is 0.657. The molecule has 15 heavy (non-hydrogen) atoms. The number of fused-ring (bicyclic) bond motifs is 1. The number of nitrogens with zero attached hydrogens (tertiary/aromatic N) is 1. The van der Waals surface area contributed by atoms with Crippen molar-refractivity contribution in [3.8, 4) is 6.26 Å². The zero-order valence-corrected chi connectivity index (χ0v) is 8.33. The third-order valence-corrected chi connectivity index (χ3v) is 4.14. The topological polar surface area (TPSA) is 50.1 Å². The quantitative estimate of drug-likeness (QED) is 0.500. The molecule has 0 bridgehead atoms. The molecule has 0 radical (unpaired) electrons. The van der Waals surface area contributed by atoms with Gasteiger partial charge in [-0.15, -0.1) is 5.26 Å². The Labute approximate surface area is 87.4 Å². The fourth-order valence-corrected chi connectivity index (χ4v) is 3.06. The van der Waals surface area contributed by atoms with Gasteiger partial charge in [0.15, 0.2) is 0 Å². The molecule has 1 heterocycles. The fourth-order valence-electron chi connectivity index (χ4n) is 1.37. The summed E-state index contributed by atoms with van der Waals surface area (Å²) in [4.78, 5) is 11.6. The molecule has 1 unspecified atom stereocenters. The Morgan fingerprint density at radius 2 is 2.20 bits per heavy atom. The first-order valence-electron chi connectivity index (χ1n) is 4.08. The van der Waals surface area contributed by atoms with Crippen LogP contribution in [-0.2, 0) is 4.74 Å². The lowest BCUT2D eigenvalue weighted by atomic mass is 10.2. The Hall–Kier alpha value is -1.80. The second-order valence-corrected chi connectivity index (χ2v) is 5.07. The molecule has 0 saturated carbocycles. The van der Waals surface area contributed by atoms with Crippen LogP contribution in [0.3, 0.4) is 0 Å². The maximum Gasteiger partial charge on any atom is 0.400 e. The maximum absolute atomic E-state index is 14.3. The minimum atomic E-state index is -3.27. The summed E-state index contributed by atoms with van der Waals surface area (Å²) < 4.78 is 18.3. The highest BCUT2D eigenvalue weighted by Crippen LogP contribution is 2.64. The van der Waals surface area contributed by atoms with Gasteiger partial charge in [0.25, 0.3) is 6.26 Å². The van der Waals surface area contributed by atoms with Gasteiger partial charge in [0.2, 0.25) is 0 Å². The van der Waals surface area contributed by atoms with Crippen LogP contribution in [0.5, 0.6) is 0 Å². The standard InChI is InChI=1S/C10H6FNO2S/c11-15(10(13)14-7-12)6-5-8-3-1-2-4-9(8)15/h1-6H. The second kappa shape index (κ2) is 3.41. The number of carbonyl (C=O) groups excluding carboxylic acids is 1. The van der Waals surface area contributed by atoms with E-state index in [9.17, 15) is 8.68 Å². The van der Waals surface area contributed by atoms with Gasteiger partial charge in [-0.05, 0) is 23.1 Å². The Balaban J connectivity index is 2.46. The number of ether oxygens (including phenoxy) is 1. The minimum absolute atomic E-state index is 0.297. The highest BCUT2D eigenvalue weighted by molar-refractivity contribution is 8.43. The highest BCUT2D eigenvalue weighted by atomic mass is 32.3. The molecule has 1 aliphatic heterocycles. The van der Waals surface area contributed by atoms with Gasteiger partial charge in [-0.3, -0.25) is 0 Å². The van der Waals surface area contributed by atoms with Crippen molar-refractivity contribution in [1.29, 1.82) is 5.26 Å². The van der Waals surface area contributed by atoms with Crippen LogP contribution in [-0.4, -0.2) is 5.30 Å². The first kappa shape index (κ1) is 9.74. The predicted molar refractivity (Wildman–Crippen MR) is 54.5 cm³/mol. The van der Waals surface area contributed by atoms with Crippen molar-refractivity contribution in [3.05, 3.63) is 35.2 Å². The first-order chi connectivity index (χ1) is 7.18. The average Bonchev–Trinajstić information content (AvgIpc) is 2.59. The number of hydrogen-bond acceptors (Lipinski definition) is 3. The zero-order chi connectivity index (χ0) is 10.9. The molecule has 0 aliphatic carbocycles. The molecule has 1 aliphatic rings. The van der Waals surface area contributed by atoms with Crippen LogP contribution in [0.2, 0.25) is 0 Å². The van der Waals surface area contributed by atoms with Crippen LogP contribution in [0, 0.1) is 11.5 Å². The summed E-state index contributed by atoms with van der Waals surface area (Å²) in [5, 5.41) is 8.25. The van der Waals surface area contributed by atoms with Crippen molar-refractivity contribution in [2.75, 3.05) is 0 Å². The van der Waals surface area contributed by atoms with Gasteiger partial charge in [0, 0.05) is 4.90 Å². The Morgan fingerprint density at radius 3 is 2.93 bits per heavy atom. The molecule has 0 fully saturated rings. The van der Waals surface area contributed by atoms with Crippen LogP contribution >= 0.6 is 10.4 Å². The number of rotatable bonds is 0. The summed E-state index contributed by atoms with van der Waals surface area (Å²) in [6.45, 7) is 0. The molecular weight excluding hydrogens is 217 g/mol. The number of nitriles is 1. The van der Waals surface area contributed by atoms with E-state index >= 15 is 0 Å². The fraction of sp³-hybridized carbons (Fsp3) is 0. The van der Waals surface area contributed by atoms with Crippen molar-refractivity contribution in [3.63, 3.8) is 0 Å².